The Kier molecular flexibility index (Phi) is 10.9. The third-order valence-electron chi connectivity index (χ3n) is 9.56. The Morgan fingerprint density at radius 1 is 0.840 bits per heavy atom. The van der Waals surface area contributed by atoms with E-state index in [-0.39, 0.29) is 10.9 Å². The zero-order valence-electron chi connectivity index (χ0n) is 28.4. The molecule has 1 aliphatic carbocycles. The molecule has 2 aliphatic rings. The third-order valence-corrected chi connectivity index (χ3v) is 11.0. The van der Waals surface area contributed by atoms with Gasteiger partial charge in [-0.25, -0.2) is 23.1 Å². The number of hydrogen-bond acceptors (Lipinski definition) is 9. The minimum absolute atomic E-state index is 0.220. The molecule has 1 aliphatic heterocycles. The van der Waals surface area contributed by atoms with Crippen molar-refractivity contribution in [2.45, 2.75) is 55.6 Å². The van der Waals surface area contributed by atoms with Crippen LogP contribution in [0.4, 0.5) is 5.82 Å². The quantitative estimate of drug-likeness (QED) is 0.202. The topological polar surface area (TPSA) is 160 Å². The van der Waals surface area contributed by atoms with E-state index >= 15 is 0 Å². The standard InChI is InChI=1S/C35H40N8O2S.C2H4O2/c1-41-20-22-42(23-21-41)28-16-18-29(19-17-28)43-35-31(34(36)37-24-38-35)33(39-43)27-14-12-26(13-15-27)32(25-8-4-2-5-9-25)40-46(44,45)30-10-6-3-7-11-30;1-2(3)4/h2-15,24,28-29,32,40H,16-23H2,1H3,(H2,36,37,38);1H3,(H,3,4)/t28-,29+,32?;. The van der Waals surface area contributed by atoms with Crippen LogP contribution < -0.4 is 10.5 Å². The molecular weight excluding hydrogens is 653 g/mol. The van der Waals surface area contributed by atoms with Crippen molar-refractivity contribution in [3.05, 3.63) is 102 Å². The Bertz CT molecular complexity index is 1990. The maximum Gasteiger partial charge on any atom is 0.300 e. The van der Waals surface area contributed by atoms with E-state index in [0.717, 1.165) is 92.2 Å². The van der Waals surface area contributed by atoms with Crippen molar-refractivity contribution in [2.24, 2.45) is 0 Å². The lowest BCUT2D eigenvalue weighted by Gasteiger charge is -2.41. The van der Waals surface area contributed by atoms with Gasteiger partial charge >= 0.3 is 0 Å². The van der Waals surface area contributed by atoms with Crippen molar-refractivity contribution < 1.29 is 18.3 Å². The number of carboxylic acids is 1. The van der Waals surface area contributed by atoms with Crippen molar-refractivity contribution in [1.82, 2.24) is 34.3 Å². The molecule has 1 saturated carbocycles. The molecule has 262 valence electrons. The number of nitrogens with two attached hydrogens (primary N) is 1. The number of nitrogens with zero attached hydrogens (tertiary/aromatic N) is 6. The summed E-state index contributed by atoms with van der Waals surface area (Å²) in [6.45, 7) is 5.62. The average Bonchev–Trinajstić information content (AvgIpc) is 3.53. The predicted octanol–water partition coefficient (Wildman–Crippen LogP) is 4.97. The molecule has 0 spiro atoms. The molecule has 13 heteroatoms. The van der Waals surface area contributed by atoms with Gasteiger partial charge in [-0.05, 0) is 56.0 Å². The molecule has 3 aromatic carbocycles. The molecule has 4 N–H and O–H groups in total. The number of aromatic nitrogens is 4. The van der Waals surface area contributed by atoms with Gasteiger partial charge in [0.25, 0.3) is 5.97 Å². The number of nitrogens with one attached hydrogen (secondary N) is 1. The van der Waals surface area contributed by atoms with E-state index in [1.54, 1.807) is 30.3 Å². The highest BCUT2D eigenvalue weighted by atomic mass is 32.2. The van der Waals surface area contributed by atoms with Crippen molar-refractivity contribution in [1.29, 1.82) is 0 Å². The summed E-state index contributed by atoms with van der Waals surface area (Å²) >= 11 is 0. The van der Waals surface area contributed by atoms with Crippen molar-refractivity contribution >= 4 is 32.8 Å². The summed E-state index contributed by atoms with van der Waals surface area (Å²) < 4.78 is 31.8. The first-order valence-corrected chi connectivity index (χ1v) is 18.4. The van der Waals surface area contributed by atoms with Crippen LogP contribution in [0.15, 0.2) is 96.2 Å². The van der Waals surface area contributed by atoms with Crippen molar-refractivity contribution in [3.63, 3.8) is 0 Å². The molecule has 2 aromatic heterocycles. The van der Waals surface area contributed by atoms with Crippen LogP contribution in [0.1, 0.15) is 55.8 Å². The predicted molar refractivity (Wildman–Crippen MR) is 194 cm³/mol. The van der Waals surface area contributed by atoms with Crippen LogP contribution in [-0.4, -0.2) is 88.3 Å². The second kappa shape index (κ2) is 15.5. The number of benzene rings is 3. The minimum atomic E-state index is -3.78. The fraction of sp³-hybridized carbons (Fsp3) is 0.351. The van der Waals surface area contributed by atoms with Gasteiger partial charge in [0.2, 0.25) is 10.0 Å². The number of carboxylic acid groups (broad SMARTS) is 1. The lowest BCUT2D eigenvalue weighted by atomic mass is 9.90. The number of piperazine rings is 1. The van der Waals surface area contributed by atoms with Gasteiger partial charge in [-0.15, -0.1) is 0 Å². The van der Waals surface area contributed by atoms with Gasteiger partial charge in [0.05, 0.1) is 22.4 Å². The Morgan fingerprint density at radius 3 is 2.02 bits per heavy atom. The molecule has 12 nitrogen and oxygen atoms in total. The SMILES string of the molecule is CC(=O)O.CN1CCN([C@H]2CC[C@@H](n3nc(-c4ccc(C(NS(=O)(=O)c5ccccc5)c5ccccc5)cc4)c4c(N)ncnc43)CC2)CC1. The van der Waals surface area contributed by atoms with Crippen LogP contribution in [0.2, 0.25) is 0 Å². The summed E-state index contributed by atoms with van der Waals surface area (Å²) in [5.41, 5.74) is 10.5. The van der Waals surface area contributed by atoms with Crippen LogP contribution in [0, 0.1) is 0 Å². The van der Waals surface area contributed by atoms with Gasteiger partial charge in [0.15, 0.2) is 5.65 Å². The van der Waals surface area contributed by atoms with Gasteiger partial charge in [-0.3, -0.25) is 9.69 Å². The maximum atomic E-state index is 13.4. The van der Waals surface area contributed by atoms with E-state index in [0.29, 0.717) is 11.9 Å². The summed E-state index contributed by atoms with van der Waals surface area (Å²) in [5, 5.41) is 13.3. The monoisotopic (exact) mass is 696 g/mol. The Balaban J connectivity index is 0.00000103. The zero-order chi connectivity index (χ0) is 35.3. The lowest BCUT2D eigenvalue weighted by Crippen LogP contribution is -2.49. The van der Waals surface area contributed by atoms with Crippen LogP contribution in [0.5, 0.6) is 0 Å². The normalized spacial score (nSPS) is 19.4. The Morgan fingerprint density at radius 2 is 1.40 bits per heavy atom. The first kappa shape index (κ1) is 35.1. The van der Waals surface area contributed by atoms with E-state index in [9.17, 15) is 8.42 Å². The van der Waals surface area contributed by atoms with E-state index < -0.39 is 22.0 Å². The molecule has 0 bridgehead atoms. The number of rotatable bonds is 8. The molecule has 1 unspecified atom stereocenters. The number of fused-ring (bicyclic) bond motifs is 1. The fourth-order valence-corrected chi connectivity index (χ4v) is 8.17. The van der Waals surface area contributed by atoms with Crippen LogP contribution >= 0.6 is 0 Å². The molecule has 1 saturated heterocycles. The van der Waals surface area contributed by atoms with Crippen molar-refractivity contribution in [2.75, 3.05) is 39.0 Å². The molecule has 7 rings (SSSR count). The number of anilines is 1. The maximum absolute atomic E-state index is 13.4. The van der Waals surface area contributed by atoms with E-state index in [1.807, 2.05) is 54.6 Å². The molecular formula is C37H44N8O4S. The summed E-state index contributed by atoms with van der Waals surface area (Å²) in [5.74, 6) is -0.431. The Labute approximate surface area is 293 Å². The number of likely N-dealkylation sites (N-methyl/N-ethyl adjacent to an activating group) is 1. The summed E-state index contributed by atoms with van der Waals surface area (Å²) in [6, 6.07) is 26.2. The van der Waals surface area contributed by atoms with Crippen LogP contribution in [-0.2, 0) is 14.8 Å². The summed E-state index contributed by atoms with van der Waals surface area (Å²) in [6.07, 6.45) is 5.87. The van der Waals surface area contributed by atoms with E-state index in [1.165, 1.54) is 6.33 Å². The molecule has 0 radical (unpaired) electrons. The first-order chi connectivity index (χ1) is 24.1. The molecule has 5 aromatic rings. The second-order valence-corrected chi connectivity index (χ2v) is 14.7. The average molecular weight is 697 g/mol. The van der Waals surface area contributed by atoms with Gasteiger partial charge in [-0.2, -0.15) is 9.82 Å². The number of aliphatic carboxylic acids is 1. The van der Waals surface area contributed by atoms with Gasteiger partial charge in [-0.1, -0.05) is 72.8 Å². The number of hydrogen-bond donors (Lipinski definition) is 3. The molecule has 3 heterocycles. The minimum Gasteiger partial charge on any atom is -0.481 e. The smallest absolute Gasteiger partial charge is 0.300 e. The molecule has 50 heavy (non-hydrogen) atoms. The number of sulfonamides is 1. The first-order valence-electron chi connectivity index (χ1n) is 16.9. The van der Waals surface area contributed by atoms with Crippen LogP contribution in [0.25, 0.3) is 22.3 Å². The fourth-order valence-electron chi connectivity index (χ4n) is 6.94. The van der Waals surface area contributed by atoms with Gasteiger partial charge in [0.1, 0.15) is 17.8 Å². The molecule has 2 fully saturated rings. The highest BCUT2D eigenvalue weighted by Gasteiger charge is 2.31. The Hall–Kier alpha value is -4.69. The summed E-state index contributed by atoms with van der Waals surface area (Å²) in [4.78, 5) is 23.2. The summed E-state index contributed by atoms with van der Waals surface area (Å²) in [7, 11) is -1.58. The van der Waals surface area contributed by atoms with Crippen LogP contribution in [0.3, 0.4) is 0 Å². The third kappa shape index (κ3) is 8.02. The number of carbonyl (C=O) groups is 1. The van der Waals surface area contributed by atoms with Crippen molar-refractivity contribution in [3.8, 4) is 11.3 Å². The highest BCUT2D eigenvalue weighted by Crippen LogP contribution is 2.37. The lowest BCUT2D eigenvalue weighted by molar-refractivity contribution is -0.134. The van der Waals surface area contributed by atoms with E-state index in [4.69, 9.17) is 20.7 Å². The molecule has 1 atom stereocenters. The molecule has 0 amide bonds. The van der Waals surface area contributed by atoms with Gasteiger partial charge in [0, 0.05) is 44.7 Å². The van der Waals surface area contributed by atoms with Gasteiger partial charge < -0.3 is 15.7 Å². The number of nitrogen functional groups attached to an aromatic ring is 1. The highest BCUT2D eigenvalue weighted by molar-refractivity contribution is 7.89. The second-order valence-electron chi connectivity index (χ2n) is 13.0. The zero-order valence-corrected chi connectivity index (χ0v) is 29.2. The van der Waals surface area contributed by atoms with E-state index in [2.05, 4.69) is 36.2 Å². The largest absolute Gasteiger partial charge is 0.481 e.